The van der Waals surface area contributed by atoms with E-state index in [4.69, 9.17) is 11.6 Å². The Morgan fingerprint density at radius 1 is 1.21 bits per heavy atom. The van der Waals surface area contributed by atoms with Crippen molar-refractivity contribution in [3.05, 3.63) is 64.7 Å². The molecule has 0 aliphatic heterocycles. The maximum atomic E-state index is 12.4. The second-order valence-corrected chi connectivity index (χ2v) is 4.93. The van der Waals surface area contributed by atoms with Gasteiger partial charge in [-0.3, -0.25) is 4.79 Å². The summed E-state index contributed by atoms with van der Waals surface area (Å²) < 4.78 is 29.2. The van der Waals surface area contributed by atoms with Gasteiger partial charge in [-0.1, -0.05) is 41.9 Å². The quantitative estimate of drug-likeness (QED) is 0.639. The lowest BCUT2D eigenvalue weighted by molar-refractivity contribution is -0.112. The van der Waals surface area contributed by atoms with Gasteiger partial charge in [0, 0.05) is 5.56 Å². The van der Waals surface area contributed by atoms with Crippen LogP contribution in [0.25, 0.3) is 6.08 Å². The van der Waals surface area contributed by atoms with E-state index in [1.54, 1.807) is 36.4 Å². The van der Waals surface area contributed by atoms with Crippen molar-refractivity contribution in [3.8, 4) is 11.8 Å². The van der Waals surface area contributed by atoms with E-state index >= 15 is 0 Å². The van der Waals surface area contributed by atoms with Crippen molar-refractivity contribution in [3.63, 3.8) is 0 Å². The second kappa shape index (κ2) is 8.09. The maximum absolute atomic E-state index is 12.4. The minimum absolute atomic E-state index is 0.134. The zero-order chi connectivity index (χ0) is 17.5. The first-order valence-corrected chi connectivity index (χ1v) is 7.10. The number of alkyl halides is 2. The number of carbonyl (C=O) groups excluding carboxylic acids is 1. The molecule has 0 aromatic heterocycles. The minimum Gasteiger partial charge on any atom is -0.434 e. The number of ether oxygens (including phenoxy) is 1. The lowest BCUT2D eigenvalue weighted by atomic mass is 10.1. The number of nitrogens with zero attached hydrogens (tertiary/aromatic N) is 1. The molecule has 7 heteroatoms. The van der Waals surface area contributed by atoms with Crippen LogP contribution in [0.2, 0.25) is 5.02 Å². The largest absolute Gasteiger partial charge is 0.434 e. The molecular formula is C17H11ClF2N2O2. The number of hydrogen-bond acceptors (Lipinski definition) is 3. The van der Waals surface area contributed by atoms with Crippen molar-refractivity contribution in [1.29, 1.82) is 5.26 Å². The molecule has 0 bridgehead atoms. The number of nitrogens with one attached hydrogen (secondary N) is 1. The predicted octanol–water partition coefficient (Wildman–Crippen LogP) is 4.49. The zero-order valence-corrected chi connectivity index (χ0v) is 12.9. The van der Waals surface area contributed by atoms with Gasteiger partial charge in [0.05, 0.1) is 10.7 Å². The number of benzene rings is 2. The molecular weight excluding hydrogens is 338 g/mol. The summed E-state index contributed by atoms with van der Waals surface area (Å²) in [5, 5.41) is 12.0. The summed E-state index contributed by atoms with van der Waals surface area (Å²) in [5.74, 6) is -0.844. The highest BCUT2D eigenvalue weighted by Gasteiger charge is 2.13. The van der Waals surface area contributed by atoms with E-state index in [2.05, 4.69) is 10.1 Å². The Bertz CT molecular complexity index is 816. The van der Waals surface area contributed by atoms with Crippen molar-refractivity contribution in [2.45, 2.75) is 6.61 Å². The first kappa shape index (κ1) is 17.4. The molecule has 2 aromatic carbocycles. The highest BCUT2D eigenvalue weighted by molar-refractivity contribution is 6.34. The van der Waals surface area contributed by atoms with Crippen LogP contribution in [0.1, 0.15) is 5.56 Å². The Hall–Kier alpha value is -2.91. The normalized spacial score (nSPS) is 11.0. The third-order valence-electron chi connectivity index (χ3n) is 2.92. The van der Waals surface area contributed by atoms with E-state index in [-0.39, 0.29) is 16.9 Å². The number of nitriles is 1. The van der Waals surface area contributed by atoms with Gasteiger partial charge in [0.2, 0.25) is 0 Å². The highest BCUT2D eigenvalue weighted by Crippen LogP contribution is 2.24. The third kappa shape index (κ3) is 4.54. The van der Waals surface area contributed by atoms with Gasteiger partial charge in [-0.25, -0.2) is 0 Å². The van der Waals surface area contributed by atoms with E-state index in [1.165, 1.54) is 24.3 Å². The first-order chi connectivity index (χ1) is 11.5. The lowest BCUT2D eigenvalue weighted by Crippen LogP contribution is -2.13. The summed E-state index contributed by atoms with van der Waals surface area (Å²) in [7, 11) is 0. The highest BCUT2D eigenvalue weighted by atomic mass is 35.5. The molecule has 0 unspecified atom stereocenters. The number of halogens is 3. The SMILES string of the molecule is N#C/C(=C/c1ccccc1OC(F)F)C(=O)Nc1ccccc1Cl. The van der Waals surface area contributed by atoms with Crippen molar-refractivity contribution in [1.82, 2.24) is 0 Å². The van der Waals surface area contributed by atoms with Gasteiger partial charge >= 0.3 is 6.61 Å². The van der Waals surface area contributed by atoms with E-state index in [0.29, 0.717) is 10.7 Å². The number of para-hydroxylation sites is 2. The van der Waals surface area contributed by atoms with E-state index in [0.717, 1.165) is 0 Å². The Morgan fingerprint density at radius 3 is 2.54 bits per heavy atom. The molecule has 0 spiro atoms. The van der Waals surface area contributed by atoms with Crippen molar-refractivity contribution < 1.29 is 18.3 Å². The molecule has 0 saturated heterocycles. The van der Waals surface area contributed by atoms with Crippen LogP contribution < -0.4 is 10.1 Å². The summed E-state index contributed by atoms with van der Waals surface area (Å²) >= 11 is 5.94. The van der Waals surface area contributed by atoms with Gasteiger partial charge in [0.1, 0.15) is 17.4 Å². The minimum atomic E-state index is -3.01. The Balaban J connectivity index is 2.28. The van der Waals surface area contributed by atoms with Gasteiger partial charge < -0.3 is 10.1 Å². The van der Waals surface area contributed by atoms with Crippen LogP contribution in [0.4, 0.5) is 14.5 Å². The molecule has 0 aliphatic rings. The molecule has 0 atom stereocenters. The summed E-state index contributed by atoms with van der Waals surface area (Å²) in [6.07, 6.45) is 1.17. The molecule has 0 aliphatic carbocycles. The summed E-state index contributed by atoms with van der Waals surface area (Å²) in [6, 6.07) is 14.1. The molecule has 0 radical (unpaired) electrons. The molecule has 0 fully saturated rings. The monoisotopic (exact) mass is 348 g/mol. The fraction of sp³-hybridized carbons (Fsp3) is 0.0588. The van der Waals surface area contributed by atoms with Crippen molar-refractivity contribution in [2.75, 3.05) is 5.32 Å². The second-order valence-electron chi connectivity index (χ2n) is 4.52. The summed E-state index contributed by atoms with van der Waals surface area (Å²) in [6.45, 7) is -3.01. The summed E-state index contributed by atoms with van der Waals surface area (Å²) in [4.78, 5) is 12.2. The van der Waals surface area contributed by atoms with Gasteiger partial charge in [-0.15, -0.1) is 0 Å². The average Bonchev–Trinajstić information content (AvgIpc) is 2.55. The average molecular weight is 349 g/mol. The lowest BCUT2D eigenvalue weighted by Gasteiger charge is -2.09. The van der Waals surface area contributed by atoms with Crippen LogP contribution >= 0.6 is 11.6 Å². The topological polar surface area (TPSA) is 62.1 Å². The molecule has 1 N–H and O–H groups in total. The molecule has 24 heavy (non-hydrogen) atoms. The van der Waals surface area contributed by atoms with Crippen LogP contribution in [0.15, 0.2) is 54.1 Å². The number of rotatable bonds is 5. The number of carbonyl (C=O) groups is 1. The Morgan fingerprint density at radius 2 is 1.88 bits per heavy atom. The van der Waals surface area contributed by atoms with Crippen LogP contribution in [-0.4, -0.2) is 12.5 Å². The number of hydrogen-bond donors (Lipinski definition) is 1. The van der Waals surface area contributed by atoms with Crippen LogP contribution in [0.3, 0.4) is 0 Å². The molecule has 122 valence electrons. The third-order valence-corrected chi connectivity index (χ3v) is 3.25. The van der Waals surface area contributed by atoms with Crippen LogP contribution in [0.5, 0.6) is 5.75 Å². The Kier molecular flexibility index (Phi) is 5.88. The smallest absolute Gasteiger partial charge is 0.387 e. The fourth-order valence-electron chi connectivity index (χ4n) is 1.86. The van der Waals surface area contributed by atoms with Crippen molar-refractivity contribution >= 4 is 29.3 Å². The summed E-state index contributed by atoms with van der Waals surface area (Å²) in [5.41, 5.74) is 0.242. The van der Waals surface area contributed by atoms with Crippen molar-refractivity contribution in [2.24, 2.45) is 0 Å². The van der Waals surface area contributed by atoms with Crippen LogP contribution in [-0.2, 0) is 4.79 Å². The molecule has 1 amide bonds. The molecule has 2 aromatic rings. The molecule has 2 rings (SSSR count). The molecule has 0 heterocycles. The maximum Gasteiger partial charge on any atom is 0.387 e. The first-order valence-electron chi connectivity index (χ1n) is 6.73. The Labute approximate surface area is 141 Å². The van der Waals surface area contributed by atoms with Gasteiger partial charge in [-0.05, 0) is 24.3 Å². The predicted molar refractivity (Wildman–Crippen MR) is 86.7 cm³/mol. The zero-order valence-electron chi connectivity index (χ0n) is 12.2. The van der Waals surface area contributed by atoms with Gasteiger partial charge in [0.15, 0.2) is 0 Å². The number of anilines is 1. The number of amides is 1. The fourth-order valence-corrected chi connectivity index (χ4v) is 2.04. The molecule has 0 saturated carbocycles. The van der Waals surface area contributed by atoms with Crippen LogP contribution in [0, 0.1) is 11.3 Å². The van der Waals surface area contributed by atoms with E-state index in [1.807, 2.05) is 0 Å². The van der Waals surface area contributed by atoms with Gasteiger partial charge in [-0.2, -0.15) is 14.0 Å². The van der Waals surface area contributed by atoms with E-state index < -0.39 is 12.5 Å². The standard InChI is InChI=1S/C17H11ClF2N2O2/c18-13-6-2-3-7-14(13)22-16(23)12(10-21)9-11-5-1-4-8-15(11)24-17(19)20/h1-9,17H,(H,22,23)/b12-9-. The van der Waals surface area contributed by atoms with E-state index in [9.17, 15) is 18.8 Å². The van der Waals surface area contributed by atoms with Gasteiger partial charge in [0.25, 0.3) is 5.91 Å². The molecule has 4 nitrogen and oxygen atoms in total.